The van der Waals surface area contributed by atoms with Crippen molar-refractivity contribution < 1.29 is 28.6 Å². The first-order valence-electron chi connectivity index (χ1n) is 8.39. The van der Waals surface area contributed by atoms with E-state index in [1.54, 1.807) is 27.7 Å². The molecule has 0 fully saturated rings. The average molecular weight is 344 g/mol. The fourth-order valence-electron chi connectivity index (χ4n) is 2.38. The molecule has 0 aliphatic carbocycles. The summed E-state index contributed by atoms with van der Waals surface area (Å²) in [6.45, 7) is 11.9. The lowest BCUT2D eigenvalue weighted by molar-refractivity contribution is -0.190. The van der Waals surface area contributed by atoms with Gasteiger partial charge in [0.15, 0.2) is 0 Å². The molecule has 6 heteroatoms. The van der Waals surface area contributed by atoms with E-state index in [0.29, 0.717) is 19.3 Å². The lowest BCUT2D eigenvalue weighted by Gasteiger charge is -2.41. The van der Waals surface area contributed by atoms with Crippen LogP contribution in [0.5, 0.6) is 0 Å². The summed E-state index contributed by atoms with van der Waals surface area (Å²) in [5, 5.41) is 0. The Morgan fingerprint density at radius 1 is 0.708 bits per heavy atom. The number of methoxy groups -OCH3 is 1. The maximum atomic E-state index is 12.6. The Hall–Kier alpha value is -1.59. The molecule has 140 valence electrons. The van der Waals surface area contributed by atoms with Crippen LogP contribution in [0.25, 0.3) is 0 Å². The summed E-state index contributed by atoms with van der Waals surface area (Å²) in [4.78, 5) is 36.7. The monoisotopic (exact) mass is 344 g/mol. The Morgan fingerprint density at radius 2 is 1.12 bits per heavy atom. The fourth-order valence-corrected chi connectivity index (χ4v) is 2.38. The van der Waals surface area contributed by atoms with E-state index in [1.165, 1.54) is 7.11 Å². The van der Waals surface area contributed by atoms with Crippen LogP contribution in [0.2, 0.25) is 0 Å². The van der Waals surface area contributed by atoms with Gasteiger partial charge in [-0.3, -0.25) is 14.4 Å². The standard InChI is InChI=1S/C18H32O6/c1-9-16(4,5)13(19)23-12-24-15(21)18(7,11-3)17(6,10-2)14(20)22-8/h9-12H2,1-8H3. The first-order valence-corrected chi connectivity index (χ1v) is 8.39. The lowest BCUT2D eigenvalue weighted by Crippen LogP contribution is -2.49. The fraction of sp³-hybridized carbons (Fsp3) is 0.833. The molecule has 6 nitrogen and oxygen atoms in total. The zero-order chi connectivity index (χ0) is 19.2. The Bertz CT molecular complexity index is 470. The lowest BCUT2D eigenvalue weighted by atomic mass is 9.62. The van der Waals surface area contributed by atoms with Crippen LogP contribution < -0.4 is 0 Å². The molecular weight excluding hydrogens is 312 g/mol. The van der Waals surface area contributed by atoms with E-state index in [1.807, 2.05) is 20.8 Å². The van der Waals surface area contributed by atoms with Gasteiger partial charge >= 0.3 is 17.9 Å². The first-order chi connectivity index (χ1) is 11.0. The van der Waals surface area contributed by atoms with Crippen molar-refractivity contribution >= 4 is 17.9 Å². The van der Waals surface area contributed by atoms with Crippen LogP contribution in [0.1, 0.15) is 67.7 Å². The normalized spacial score (nSPS) is 16.5. The van der Waals surface area contributed by atoms with E-state index >= 15 is 0 Å². The molecule has 0 spiro atoms. The summed E-state index contributed by atoms with van der Waals surface area (Å²) in [6, 6.07) is 0. The van der Waals surface area contributed by atoms with Gasteiger partial charge in [0.1, 0.15) is 0 Å². The van der Waals surface area contributed by atoms with E-state index < -0.39 is 40.9 Å². The molecule has 0 heterocycles. The zero-order valence-corrected chi connectivity index (χ0v) is 16.3. The van der Waals surface area contributed by atoms with Gasteiger partial charge in [0.05, 0.1) is 23.4 Å². The van der Waals surface area contributed by atoms with Crippen LogP contribution in [0.15, 0.2) is 0 Å². The summed E-state index contributed by atoms with van der Waals surface area (Å²) in [7, 11) is 1.30. The maximum Gasteiger partial charge on any atom is 0.315 e. The summed E-state index contributed by atoms with van der Waals surface area (Å²) < 4.78 is 15.1. The van der Waals surface area contributed by atoms with Crippen molar-refractivity contribution in [1.29, 1.82) is 0 Å². The molecule has 0 radical (unpaired) electrons. The van der Waals surface area contributed by atoms with Gasteiger partial charge in [-0.2, -0.15) is 0 Å². The second-order valence-corrected chi connectivity index (χ2v) is 7.08. The van der Waals surface area contributed by atoms with Crippen LogP contribution in [0, 0.1) is 16.2 Å². The number of hydrogen-bond acceptors (Lipinski definition) is 6. The molecule has 0 N–H and O–H groups in total. The van der Waals surface area contributed by atoms with Crippen molar-refractivity contribution in [2.45, 2.75) is 67.7 Å². The molecule has 0 amide bonds. The van der Waals surface area contributed by atoms with Crippen LogP contribution in [-0.4, -0.2) is 31.8 Å². The minimum atomic E-state index is -1.08. The minimum absolute atomic E-state index is 0.389. The van der Waals surface area contributed by atoms with Crippen molar-refractivity contribution in [2.75, 3.05) is 13.9 Å². The molecular formula is C18H32O6. The third kappa shape index (κ3) is 4.28. The van der Waals surface area contributed by atoms with Crippen molar-refractivity contribution in [3.8, 4) is 0 Å². The number of hydrogen-bond donors (Lipinski definition) is 0. The Morgan fingerprint density at radius 3 is 1.50 bits per heavy atom. The molecule has 2 atom stereocenters. The van der Waals surface area contributed by atoms with Gasteiger partial charge in [0, 0.05) is 0 Å². The third-order valence-corrected chi connectivity index (χ3v) is 5.53. The number of carbonyl (C=O) groups is 3. The van der Waals surface area contributed by atoms with Gasteiger partial charge < -0.3 is 14.2 Å². The molecule has 0 aliphatic heterocycles. The van der Waals surface area contributed by atoms with E-state index in [4.69, 9.17) is 14.2 Å². The second-order valence-electron chi connectivity index (χ2n) is 7.08. The highest BCUT2D eigenvalue weighted by molar-refractivity contribution is 5.88. The molecule has 2 unspecified atom stereocenters. The summed E-state index contributed by atoms with van der Waals surface area (Å²) in [5.41, 5.74) is -2.74. The number of esters is 3. The third-order valence-electron chi connectivity index (χ3n) is 5.53. The quantitative estimate of drug-likeness (QED) is 0.471. The predicted molar refractivity (Wildman–Crippen MR) is 89.9 cm³/mol. The SMILES string of the molecule is CCC(C)(C)C(=O)OCOC(=O)C(C)(CC)C(C)(CC)C(=O)OC. The van der Waals surface area contributed by atoms with Crippen LogP contribution in [-0.2, 0) is 28.6 Å². The van der Waals surface area contributed by atoms with Crippen molar-refractivity contribution in [3.63, 3.8) is 0 Å². The second kappa shape index (κ2) is 8.49. The molecule has 0 saturated heterocycles. The Kier molecular flexibility index (Phi) is 7.93. The first kappa shape index (κ1) is 22.4. The van der Waals surface area contributed by atoms with Crippen molar-refractivity contribution in [1.82, 2.24) is 0 Å². The minimum Gasteiger partial charge on any atom is -0.469 e. The smallest absolute Gasteiger partial charge is 0.315 e. The number of rotatable bonds is 9. The van der Waals surface area contributed by atoms with E-state index in [-0.39, 0.29) is 0 Å². The molecule has 0 saturated carbocycles. The maximum absolute atomic E-state index is 12.6. The number of ether oxygens (including phenoxy) is 3. The van der Waals surface area contributed by atoms with Gasteiger partial charge in [-0.25, -0.2) is 0 Å². The molecule has 0 aliphatic rings. The van der Waals surface area contributed by atoms with Crippen molar-refractivity contribution in [3.05, 3.63) is 0 Å². The predicted octanol–water partition coefficient (Wildman–Crippen LogP) is 3.47. The van der Waals surface area contributed by atoms with Crippen LogP contribution >= 0.6 is 0 Å². The van der Waals surface area contributed by atoms with Gasteiger partial charge in [-0.15, -0.1) is 0 Å². The topological polar surface area (TPSA) is 78.9 Å². The molecule has 0 bridgehead atoms. The highest BCUT2D eigenvalue weighted by atomic mass is 16.7. The molecule has 24 heavy (non-hydrogen) atoms. The molecule has 0 rings (SSSR count). The highest BCUT2D eigenvalue weighted by Crippen LogP contribution is 2.46. The highest BCUT2D eigenvalue weighted by Gasteiger charge is 2.54. The Balaban J connectivity index is 5.10. The van der Waals surface area contributed by atoms with Crippen molar-refractivity contribution in [2.24, 2.45) is 16.2 Å². The van der Waals surface area contributed by atoms with E-state index in [2.05, 4.69) is 0 Å². The largest absolute Gasteiger partial charge is 0.469 e. The van der Waals surface area contributed by atoms with E-state index in [0.717, 1.165) is 0 Å². The summed E-state index contributed by atoms with van der Waals surface area (Å²) in [5.74, 6) is -1.47. The van der Waals surface area contributed by atoms with Crippen LogP contribution in [0.3, 0.4) is 0 Å². The summed E-state index contributed by atoms with van der Waals surface area (Å²) in [6.07, 6.45) is 1.42. The molecule has 0 aromatic carbocycles. The van der Waals surface area contributed by atoms with E-state index in [9.17, 15) is 14.4 Å². The molecule has 0 aromatic rings. The van der Waals surface area contributed by atoms with Gasteiger partial charge in [0.25, 0.3) is 0 Å². The Labute approximate surface area is 145 Å². The average Bonchev–Trinajstić information content (AvgIpc) is 2.58. The zero-order valence-electron chi connectivity index (χ0n) is 16.3. The molecule has 0 aromatic heterocycles. The number of carbonyl (C=O) groups excluding carboxylic acids is 3. The van der Waals surface area contributed by atoms with Gasteiger partial charge in [0.2, 0.25) is 6.79 Å². The summed E-state index contributed by atoms with van der Waals surface area (Å²) >= 11 is 0. The van der Waals surface area contributed by atoms with Gasteiger partial charge in [-0.1, -0.05) is 20.8 Å². The van der Waals surface area contributed by atoms with Gasteiger partial charge in [-0.05, 0) is 47.0 Å². The van der Waals surface area contributed by atoms with Crippen LogP contribution in [0.4, 0.5) is 0 Å².